The van der Waals surface area contributed by atoms with Crippen LogP contribution in [0.4, 0.5) is 5.69 Å². The van der Waals surface area contributed by atoms with E-state index in [0.717, 1.165) is 24.3 Å². The van der Waals surface area contributed by atoms with Crippen molar-refractivity contribution in [3.8, 4) is 5.75 Å². The fourth-order valence-electron chi connectivity index (χ4n) is 2.66. The highest BCUT2D eigenvalue weighted by Crippen LogP contribution is 2.30. The smallest absolute Gasteiger partial charge is 0.313 e. The van der Waals surface area contributed by atoms with E-state index in [1.165, 1.54) is 13.2 Å². The Balaban J connectivity index is 1.95. The Kier molecular flexibility index (Phi) is 8.02. The van der Waals surface area contributed by atoms with Crippen molar-refractivity contribution in [3.05, 3.63) is 23.2 Å². The number of benzene rings is 1. The number of thioether (sulfide) groups is 1. The molecule has 3 N–H and O–H groups in total. The first-order valence-corrected chi connectivity index (χ1v) is 9.78. The summed E-state index contributed by atoms with van der Waals surface area (Å²) in [6.07, 6.45) is 1.50. The van der Waals surface area contributed by atoms with Gasteiger partial charge >= 0.3 is 11.8 Å². The minimum atomic E-state index is -0.812. The first kappa shape index (κ1) is 20.8. The Morgan fingerprint density at radius 2 is 2.04 bits per heavy atom. The molecular formula is C17H23ClN2O5S. The third-order valence-electron chi connectivity index (χ3n) is 4.09. The van der Waals surface area contributed by atoms with Crippen molar-refractivity contribution >= 4 is 40.9 Å². The van der Waals surface area contributed by atoms with Crippen molar-refractivity contribution in [1.29, 1.82) is 0 Å². The summed E-state index contributed by atoms with van der Waals surface area (Å²) >= 11 is 7.74. The number of rotatable bonds is 7. The molecule has 26 heavy (non-hydrogen) atoms. The summed E-state index contributed by atoms with van der Waals surface area (Å²) in [6, 6.07) is 4.74. The van der Waals surface area contributed by atoms with Crippen LogP contribution in [0.1, 0.15) is 12.8 Å². The SMILES string of the molecule is COc1ccc(Cl)cc1NC(=O)C(=O)NCC1(OCCO)CCSCC1. The van der Waals surface area contributed by atoms with Gasteiger partial charge in [-0.1, -0.05) is 11.6 Å². The molecule has 9 heteroatoms. The molecule has 2 amide bonds. The number of ether oxygens (including phenoxy) is 2. The zero-order valence-corrected chi connectivity index (χ0v) is 16.1. The Hall–Kier alpha value is -1.48. The molecule has 1 heterocycles. The van der Waals surface area contributed by atoms with E-state index >= 15 is 0 Å². The van der Waals surface area contributed by atoms with Gasteiger partial charge in [-0.3, -0.25) is 9.59 Å². The second-order valence-corrected chi connectivity index (χ2v) is 7.51. The summed E-state index contributed by atoms with van der Waals surface area (Å²) in [6.45, 7) is 0.330. The predicted molar refractivity (Wildman–Crippen MR) is 102 cm³/mol. The van der Waals surface area contributed by atoms with E-state index in [9.17, 15) is 9.59 Å². The second-order valence-electron chi connectivity index (χ2n) is 5.85. The quantitative estimate of drug-likeness (QED) is 0.600. The summed E-state index contributed by atoms with van der Waals surface area (Å²) in [5.74, 6) is 0.647. The summed E-state index contributed by atoms with van der Waals surface area (Å²) in [5.41, 5.74) is -0.224. The summed E-state index contributed by atoms with van der Waals surface area (Å²) in [7, 11) is 1.46. The number of aliphatic hydroxyl groups is 1. The number of carbonyl (C=O) groups is 2. The maximum Gasteiger partial charge on any atom is 0.313 e. The molecule has 0 bridgehead atoms. The van der Waals surface area contributed by atoms with E-state index in [1.54, 1.807) is 12.1 Å². The van der Waals surface area contributed by atoms with Gasteiger partial charge in [-0.25, -0.2) is 0 Å². The lowest BCUT2D eigenvalue weighted by Crippen LogP contribution is -2.50. The Bertz CT molecular complexity index is 638. The first-order valence-electron chi connectivity index (χ1n) is 8.25. The van der Waals surface area contributed by atoms with E-state index in [-0.39, 0.29) is 19.8 Å². The van der Waals surface area contributed by atoms with Crippen LogP contribution in [0.15, 0.2) is 18.2 Å². The number of hydrogen-bond acceptors (Lipinski definition) is 6. The van der Waals surface area contributed by atoms with Crippen molar-refractivity contribution in [2.75, 3.05) is 43.7 Å². The molecule has 1 saturated heterocycles. The molecule has 0 unspecified atom stereocenters. The second kappa shape index (κ2) is 10.0. The molecule has 1 aromatic rings. The van der Waals surface area contributed by atoms with Crippen LogP contribution in [0.25, 0.3) is 0 Å². The number of halogens is 1. The standard InChI is InChI=1S/C17H23ClN2O5S/c1-24-14-3-2-12(18)10-13(14)20-16(23)15(22)19-11-17(25-7-6-21)4-8-26-9-5-17/h2-3,10,21H,4-9,11H2,1H3,(H,19,22)(H,20,23). The summed E-state index contributed by atoms with van der Waals surface area (Å²) in [5, 5.41) is 14.6. The lowest BCUT2D eigenvalue weighted by molar-refractivity contribution is -0.137. The highest BCUT2D eigenvalue weighted by Gasteiger charge is 2.34. The molecule has 1 fully saturated rings. The molecule has 0 atom stereocenters. The zero-order valence-electron chi connectivity index (χ0n) is 14.5. The van der Waals surface area contributed by atoms with E-state index in [2.05, 4.69) is 10.6 Å². The van der Waals surface area contributed by atoms with Gasteiger partial charge in [0.15, 0.2) is 0 Å². The minimum absolute atomic E-state index is 0.0854. The highest BCUT2D eigenvalue weighted by atomic mass is 35.5. The zero-order chi connectivity index (χ0) is 19.0. The molecule has 7 nitrogen and oxygen atoms in total. The number of hydrogen-bond donors (Lipinski definition) is 3. The van der Waals surface area contributed by atoms with E-state index in [0.29, 0.717) is 16.5 Å². The van der Waals surface area contributed by atoms with E-state index in [4.69, 9.17) is 26.2 Å². The number of nitrogens with one attached hydrogen (secondary N) is 2. The van der Waals surface area contributed by atoms with Crippen LogP contribution in [0.3, 0.4) is 0 Å². The summed E-state index contributed by atoms with van der Waals surface area (Å²) in [4.78, 5) is 24.4. The number of aliphatic hydroxyl groups excluding tert-OH is 1. The Morgan fingerprint density at radius 3 is 2.69 bits per heavy atom. The van der Waals surface area contributed by atoms with Gasteiger partial charge in [-0.2, -0.15) is 11.8 Å². The van der Waals surface area contributed by atoms with Gasteiger partial charge in [-0.15, -0.1) is 0 Å². The topological polar surface area (TPSA) is 96.9 Å². The highest BCUT2D eigenvalue weighted by molar-refractivity contribution is 7.99. The molecule has 0 saturated carbocycles. The van der Waals surface area contributed by atoms with E-state index in [1.807, 2.05) is 11.8 Å². The lowest BCUT2D eigenvalue weighted by atomic mass is 9.96. The number of carbonyl (C=O) groups excluding carboxylic acids is 2. The average Bonchev–Trinajstić information content (AvgIpc) is 2.65. The van der Waals surface area contributed by atoms with Crippen molar-refractivity contribution in [2.45, 2.75) is 18.4 Å². The molecule has 0 aromatic heterocycles. The Labute approximate surface area is 161 Å². The fourth-order valence-corrected chi connectivity index (χ4v) is 4.07. The van der Waals surface area contributed by atoms with Gasteiger partial charge in [0.05, 0.1) is 31.6 Å². The maximum absolute atomic E-state index is 12.2. The molecule has 2 rings (SSSR count). The third kappa shape index (κ3) is 5.77. The van der Waals surface area contributed by atoms with Gasteiger partial charge in [0.25, 0.3) is 0 Å². The largest absolute Gasteiger partial charge is 0.495 e. The van der Waals surface area contributed by atoms with Gasteiger partial charge in [0.1, 0.15) is 5.75 Å². The number of anilines is 1. The van der Waals surface area contributed by atoms with Gasteiger partial charge < -0.3 is 25.2 Å². The normalized spacial score (nSPS) is 16.0. The van der Waals surface area contributed by atoms with Crippen molar-refractivity contribution in [3.63, 3.8) is 0 Å². The lowest BCUT2D eigenvalue weighted by Gasteiger charge is -2.36. The van der Waals surface area contributed by atoms with E-state index < -0.39 is 17.4 Å². The van der Waals surface area contributed by atoms with Crippen LogP contribution in [-0.4, -0.2) is 60.9 Å². The van der Waals surface area contributed by atoms with Crippen molar-refractivity contribution in [1.82, 2.24) is 5.32 Å². The minimum Gasteiger partial charge on any atom is -0.495 e. The maximum atomic E-state index is 12.2. The molecule has 1 aliphatic heterocycles. The van der Waals surface area contributed by atoms with Crippen LogP contribution in [0.2, 0.25) is 5.02 Å². The van der Waals surface area contributed by atoms with Crippen LogP contribution >= 0.6 is 23.4 Å². The van der Waals surface area contributed by atoms with Gasteiger partial charge in [0.2, 0.25) is 0 Å². The molecule has 1 aliphatic rings. The molecule has 1 aromatic carbocycles. The van der Waals surface area contributed by atoms with Crippen LogP contribution in [0, 0.1) is 0 Å². The van der Waals surface area contributed by atoms with Crippen LogP contribution in [0.5, 0.6) is 5.75 Å². The molecule has 0 aliphatic carbocycles. The van der Waals surface area contributed by atoms with Crippen LogP contribution < -0.4 is 15.4 Å². The number of amides is 2. The first-order chi connectivity index (χ1) is 12.5. The Morgan fingerprint density at radius 1 is 1.31 bits per heavy atom. The monoisotopic (exact) mass is 402 g/mol. The molecule has 0 radical (unpaired) electrons. The third-order valence-corrected chi connectivity index (χ3v) is 5.31. The molecule has 144 valence electrons. The van der Waals surface area contributed by atoms with Crippen molar-refractivity contribution < 1.29 is 24.2 Å². The molecule has 0 spiro atoms. The summed E-state index contributed by atoms with van der Waals surface area (Å²) < 4.78 is 10.9. The molecular weight excluding hydrogens is 380 g/mol. The number of methoxy groups -OCH3 is 1. The van der Waals surface area contributed by atoms with Gasteiger partial charge in [-0.05, 0) is 42.5 Å². The average molecular weight is 403 g/mol. The van der Waals surface area contributed by atoms with Gasteiger partial charge in [0, 0.05) is 11.6 Å². The van der Waals surface area contributed by atoms with Crippen molar-refractivity contribution in [2.24, 2.45) is 0 Å². The van der Waals surface area contributed by atoms with Crippen LogP contribution in [-0.2, 0) is 14.3 Å². The predicted octanol–water partition coefficient (Wildman–Crippen LogP) is 1.68. The fraction of sp³-hybridized carbons (Fsp3) is 0.529.